The molecule has 20 heavy (non-hydrogen) atoms. The zero-order valence-electron chi connectivity index (χ0n) is 13.3. The zero-order valence-corrected chi connectivity index (χ0v) is 13.3. The molecule has 0 radical (unpaired) electrons. The first-order chi connectivity index (χ1) is 9.70. The van der Waals surface area contributed by atoms with Crippen molar-refractivity contribution >= 4 is 0 Å². The fourth-order valence-electron chi connectivity index (χ4n) is 3.02. The summed E-state index contributed by atoms with van der Waals surface area (Å²) in [4.78, 5) is 6.95. The van der Waals surface area contributed by atoms with E-state index in [-0.39, 0.29) is 0 Å². The highest BCUT2D eigenvalue weighted by molar-refractivity contribution is 5.01. The summed E-state index contributed by atoms with van der Waals surface area (Å²) in [5.41, 5.74) is 1.33. The maximum absolute atomic E-state index is 4.36. The van der Waals surface area contributed by atoms with Crippen LogP contribution in [0.25, 0.3) is 0 Å². The van der Waals surface area contributed by atoms with Crippen LogP contribution in [-0.2, 0) is 6.54 Å². The molecule has 0 spiro atoms. The summed E-state index contributed by atoms with van der Waals surface area (Å²) in [5.74, 6) is 0.698. The lowest BCUT2D eigenvalue weighted by Crippen LogP contribution is -2.35. The standard InChI is InChI=1S/C16H30N4/c1-4-7-19-8-5-15(6-9-19)20-13-18-12-16(20)11-17-10-14(2)3/h12-15,17H,4-11H2,1-3H3. The van der Waals surface area contributed by atoms with Gasteiger partial charge in [-0.15, -0.1) is 0 Å². The van der Waals surface area contributed by atoms with E-state index >= 15 is 0 Å². The van der Waals surface area contributed by atoms with Gasteiger partial charge in [0, 0.05) is 31.9 Å². The van der Waals surface area contributed by atoms with E-state index in [2.05, 4.69) is 40.5 Å². The van der Waals surface area contributed by atoms with Gasteiger partial charge >= 0.3 is 0 Å². The van der Waals surface area contributed by atoms with Crippen LogP contribution in [0, 0.1) is 5.92 Å². The summed E-state index contributed by atoms with van der Waals surface area (Å²) >= 11 is 0. The van der Waals surface area contributed by atoms with Crippen molar-refractivity contribution in [3.05, 3.63) is 18.2 Å². The number of likely N-dealkylation sites (tertiary alicyclic amines) is 1. The minimum Gasteiger partial charge on any atom is -0.330 e. The Labute approximate surface area is 123 Å². The third kappa shape index (κ3) is 4.32. The number of piperidine rings is 1. The maximum atomic E-state index is 4.36. The Morgan fingerprint density at radius 3 is 2.75 bits per heavy atom. The molecule has 0 amide bonds. The Morgan fingerprint density at radius 2 is 2.10 bits per heavy atom. The smallest absolute Gasteiger partial charge is 0.0951 e. The highest BCUT2D eigenvalue weighted by Gasteiger charge is 2.21. The first kappa shape index (κ1) is 15.5. The van der Waals surface area contributed by atoms with Gasteiger partial charge in [0.2, 0.25) is 0 Å². The van der Waals surface area contributed by atoms with E-state index in [0.29, 0.717) is 12.0 Å². The molecule has 4 heteroatoms. The van der Waals surface area contributed by atoms with Crippen LogP contribution in [0.5, 0.6) is 0 Å². The van der Waals surface area contributed by atoms with Gasteiger partial charge in [0.1, 0.15) is 0 Å². The third-order valence-electron chi connectivity index (χ3n) is 4.10. The average molecular weight is 278 g/mol. The van der Waals surface area contributed by atoms with Gasteiger partial charge in [-0.2, -0.15) is 0 Å². The highest BCUT2D eigenvalue weighted by Crippen LogP contribution is 2.23. The number of hydrogen-bond donors (Lipinski definition) is 1. The molecule has 0 aromatic carbocycles. The molecule has 1 fully saturated rings. The molecule has 0 atom stereocenters. The van der Waals surface area contributed by atoms with Crippen LogP contribution in [0.1, 0.15) is 51.8 Å². The molecule has 1 aromatic rings. The number of imidazole rings is 1. The average Bonchev–Trinajstić information content (AvgIpc) is 2.88. The van der Waals surface area contributed by atoms with Crippen LogP contribution in [0.15, 0.2) is 12.5 Å². The molecule has 2 rings (SSSR count). The molecule has 1 N–H and O–H groups in total. The van der Waals surface area contributed by atoms with Crippen molar-refractivity contribution in [2.75, 3.05) is 26.2 Å². The molecule has 2 heterocycles. The Hall–Kier alpha value is -0.870. The topological polar surface area (TPSA) is 33.1 Å². The van der Waals surface area contributed by atoms with Gasteiger partial charge < -0.3 is 14.8 Å². The number of nitrogens with zero attached hydrogens (tertiary/aromatic N) is 3. The van der Waals surface area contributed by atoms with Gasteiger partial charge in [0.25, 0.3) is 0 Å². The van der Waals surface area contributed by atoms with Crippen molar-refractivity contribution in [2.45, 2.75) is 52.6 Å². The van der Waals surface area contributed by atoms with Crippen molar-refractivity contribution in [1.29, 1.82) is 0 Å². The van der Waals surface area contributed by atoms with Gasteiger partial charge in [0.15, 0.2) is 0 Å². The van der Waals surface area contributed by atoms with Crippen molar-refractivity contribution < 1.29 is 0 Å². The van der Waals surface area contributed by atoms with E-state index in [0.717, 1.165) is 13.1 Å². The van der Waals surface area contributed by atoms with E-state index in [9.17, 15) is 0 Å². The van der Waals surface area contributed by atoms with Crippen molar-refractivity contribution in [2.24, 2.45) is 5.92 Å². The summed E-state index contributed by atoms with van der Waals surface area (Å²) in [7, 11) is 0. The minimum atomic E-state index is 0.640. The van der Waals surface area contributed by atoms with Crippen LogP contribution in [0.4, 0.5) is 0 Å². The largest absolute Gasteiger partial charge is 0.330 e. The maximum Gasteiger partial charge on any atom is 0.0951 e. The second-order valence-electron chi connectivity index (χ2n) is 6.39. The summed E-state index contributed by atoms with van der Waals surface area (Å²) in [6.45, 7) is 12.5. The summed E-state index contributed by atoms with van der Waals surface area (Å²) in [6.07, 6.45) is 7.82. The number of rotatable bonds is 7. The van der Waals surface area contributed by atoms with Gasteiger partial charge in [0.05, 0.1) is 12.0 Å². The quantitative estimate of drug-likeness (QED) is 0.832. The predicted molar refractivity (Wildman–Crippen MR) is 83.8 cm³/mol. The summed E-state index contributed by atoms with van der Waals surface area (Å²) in [6, 6.07) is 0.640. The monoisotopic (exact) mass is 278 g/mol. The molecule has 0 aliphatic carbocycles. The Bertz CT molecular complexity index is 378. The van der Waals surface area contributed by atoms with Crippen molar-refractivity contribution in [3.8, 4) is 0 Å². The van der Waals surface area contributed by atoms with Crippen molar-refractivity contribution in [1.82, 2.24) is 19.8 Å². The summed E-state index contributed by atoms with van der Waals surface area (Å²) in [5, 5.41) is 3.52. The van der Waals surface area contributed by atoms with E-state index in [1.807, 2.05) is 12.5 Å². The Kier molecular flexibility index (Phi) is 6.05. The lowest BCUT2D eigenvalue weighted by Gasteiger charge is -2.33. The normalized spacial score (nSPS) is 18.0. The van der Waals surface area contributed by atoms with E-state index in [4.69, 9.17) is 0 Å². The van der Waals surface area contributed by atoms with Crippen LogP contribution >= 0.6 is 0 Å². The summed E-state index contributed by atoms with van der Waals surface area (Å²) < 4.78 is 2.40. The molecular weight excluding hydrogens is 248 g/mol. The molecule has 1 saturated heterocycles. The third-order valence-corrected chi connectivity index (χ3v) is 4.10. The SMILES string of the molecule is CCCN1CCC(n2cncc2CNCC(C)C)CC1. The van der Waals surface area contributed by atoms with Crippen LogP contribution in [0.3, 0.4) is 0 Å². The first-order valence-corrected chi connectivity index (χ1v) is 8.14. The molecule has 0 unspecified atom stereocenters. The lowest BCUT2D eigenvalue weighted by atomic mass is 10.0. The molecule has 114 valence electrons. The molecule has 1 aliphatic rings. The van der Waals surface area contributed by atoms with Gasteiger partial charge in [-0.05, 0) is 38.3 Å². The van der Waals surface area contributed by atoms with Gasteiger partial charge in [-0.25, -0.2) is 4.98 Å². The second-order valence-corrected chi connectivity index (χ2v) is 6.39. The van der Waals surface area contributed by atoms with E-state index in [1.54, 1.807) is 0 Å². The van der Waals surface area contributed by atoms with Crippen LogP contribution < -0.4 is 5.32 Å². The van der Waals surface area contributed by atoms with E-state index < -0.39 is 0 Å². The second kappa shape index (κ2) is 7.79. The molecule has 4 nitrogen and oxygen atoms in total. The molecule has 0 bridgehead atoms. The highest BCUT2D eigenvalue weighted by atomic mass is 15.2. The number of nitrogens with one attached hydrogen (secondary N) is 1. The Morgan fingerprint density at radius 1 is 1.35 bits per heavy atom. The minimum absolute atomic E-state index is 0.640. The Balaban J connectivity index is 1.85. The first-order valence-electron chi connectivity index (χ1n) is 8.14. The van der Waals surface area contributed by atoms with Gasteiger partial charge in [-0.1, -0.05) is 20.8 Å². The molecule has 1 aliphatic heterocycles. The molecule has 1 aromatic heterocycles. The van der Waals surface area contributed by atoms with Crippen molar-refractivity contribution in [3.63, 3.8) is 0 Å². The van der Waals surface area contributed by atoms with E-state index in [1.165, 1.54) is 44.6 Å². The molecular formula is C16H30N4. The predicted octanol–water partition coefficient (Wildman–Crippen LogP) is 2.68. The lowest BCUT2D eigenvalue weighted by molar-refractivity contribution is 0.185. The number of hydrogen-bond acceptors (Lipinski definition) is 3. The van der Waals surface area contributed by atoms with Crippen LogP contribution in [0.2, 0.25) is 0 Å². The number of aromatic nitrogens is 2. The van der Waals surface area contributed by atoms with Gasteiger partial charge in [-0.3, -0.25) is 0 Å². The van der Waals surface area contributed by atoms with Crippen LogP contribution in [-0.4, -0.2) is 40.6 Å². The fraction of sp³-hybridized carbons (Fsp3) is 0.812. The fourth-order valence-corrected chi connectivity index (χ4v) is 3.02. The molecule has 0 saturated carbocycles. The zero-order chi connectivity index (χ0) is 14.4.